The van der Waals surface area contributed by atoms with Crippen LogP contribution in [0.5, 0.6) is 0 Å². The van der Waals surface area contributed by atoms with Gasteiger partial charge in [0.1, 0.15) is 0 Å². The molecule has 0 aromatic heterocycles. The molecule has 2 aromatic carbocycles. The fraction of sp³-hybridized carbons (Fsp3) is 0.222. The van der Waals surface area contributed by atoms with E-state index in [1.807, 2.05) is 6.07 Å². The first kappa shape index (κ1) is 18.6. The van der Waals surface area contributed by atoms with Gasteiger partial charge in [-0.3, -0.25) is 4.79 Å². The molecule has 0 heterocycles. The number of hydrogen-bond acceptors (Lipinski definition) is 4. The molecular formula is C18H19N3O3S. The van der Waals surface area contributed by atoms with Crippen molar-refractivity contribution in [1.29, 1.82) is 5.26 Å². The van der Waals surface area contributed by atoms with Gasteiger partial charge in [0.05, 0.1) is 16.5 Å². The van der Waals surface area contributed by atoms with Gasteiger partial charge < -0.3 is 5.32 Å². The number of carbonyl (C=O) groups is 1. The van der Waals surface area contributed by atoms with Gasteiger partial charge in [-0.15, -0.1) is 0 Å². The number of nitriles is 1. The van der Waals surface area contributed by atoms with Crippen LogP contribution in [0.3, 0.4) is 0 Å². The van der Waals surface area contributed by atoms with E-state index in [-0.39, 0.29) is 10.8 Å². The van der Waals surface area contributed by atoms with Crippen molar-refractivity contribution >= 4 is 21.6 Å². The summed E-state index contributed by atoms with van der Waals surface area (Å²) in [6.07, 6.45) is 0. The van der Waals surface area contributed by atoms with Crippen molar-refractivity contribution in [3.63, 3.8) is 0 Å². The van der Waals surface area contributed by atoms with Gasteiger partial charge in [0.25, 0.3) is 5.91 Å². The van der Waals surface area contributed by atoms with Gasteiger partial charge in [0.2, 0.25) is 10.0 Å². The van der Waals surface area contributed by atoms with Crippen LogP contribution in [0.15, 0.2) is 53.4 Å². The highest BCUT2D eigenvalue weighted by atomic mass is 32.2. The zero-order valence-corrected chi connectivity index (χ0v) is 14.9. The molecule has 0 atom stereocenters. The van der Waals surface area contributed by atoms with Crippen LogP contribution in [0.2, 0.25) is 0 Å². The zero-order chi connectivity index (χ0) is 18.4. The fourth-order valence-electron chi connectivity index (χ4n) is 2.36. The van der Waals surface area contributed by atoms with E-state index in [4.69, 9.17) is 5.26 Å². The van der Waals surface area contributed by atoms with E-state index in [2.05, 4.69) is 5.32 Å². The Hall–Kier alpha value is -2.69. The SMILES string of the molecule is CCN(CC)S(=O)(=O)c1ccc(C(=O)Nc2cccc(C#N)c2)cc1. The molecule has 1 N–H and O–H groups in total. The highest BCUT2D eigenvalue weighted by molar-refractivity contribution is 7.89. The molecule has 0 aliphatic carbocycles. The minimum absolute atomic E-state index is 0.152. The van der Waals surface area contributed by atoms with E-state index in [0.29, 0.717) is 29.9 Å². The van der Waals surface area contributed by atoms with Crippen molar-refractivity contribution in [2.75, 3.05) is 18.4 Å². The van der Waals surface area contributed by atoms with E-state index < -0.39 is 10.0 Å². The summed E-state index contributed by atoms with van der Waals surface area (Å²) < 4.78 is 26.2. The van der Waals surface area contributed by atoms with Gasteiger partial charge >= 0.3 is 0 Å². The molecule has 7 heteroatoms. The van der Waals surface area contributed by atoms with E-state index in [9.17, 15) is 13.2 Å². The molecule has 130 valence electrons. The maximum atomic E-state index is 12.4. The number of carbonyl (C=O) groups excluding carboxylic acids is 1. The lowest BCUT2D eigenvalue weighted by Gasteiger charge is -2.18. The molecule has 0 spiro atoms. The van der Waals surface area contributed by atoms with Crippen molar-refractivity contribution < 1.29 is 13.2 Å². The van der Waals surface area contributed by atoms with Crippen molar-refractivity contribution in [3.8, 4) is 6.07 Å². The number of hydrogen-bond donors (Lipinski definition) is 1. The highest BCUT2D eigenvalue weighted by Crippen LogP contribution is 2.17. The number of sulfonamides is 1. The normalized spacial score (nSPS) is 11.1. The molecule has 0 saturated heterocycles. The summed E-state index contributed by atoms with van der Waals surface area (Å²) >= 11 is 0. The molecule has 0 aliphatic rings. The number of rotatable bonds is 6. The minimum Gasteiger partial charge on any atom is -0.322 e. The van der Waals surface area contributed by atoms with E-state index >= 15 is 0 Å². The molecule has 0 radical (unpaired) electrons. The fourth-order valence-corrected chi connectivity index (χ4v) is 3.82. The summed E-state index contributed by atoms with van der Waals surface area (Å²) in [6.45, 7) is 4.32. The summed E-state index contributed by atoms with van der Waals surface area (Å²) in [4.78, 5) is 12.4. The topological polar surface area (TPSA) is 90.3 Å². The predicted octanol–water partition coefficient (Wildman–Crippen LogP) is 2.84. The van der Waals surface area contributed by atoms with Gasteiger partial charge in [-0.25, -0.2) is 8.42 Å². The van der Waals surface area contributed by atoms with Crippen LogP contribution in [0.1, 0.15) is 29.8 Å². The minimum atomic E-state index is -3.55. The molecule has 0 saturated carbocycles. The number of nitrogens with zero attached hydrogens (tertiary/aromatic N) is 2. The maximum absolute atomic E-state index is 12.4. The van der Waals surface area contributed by atoms with Crippen molar-refractivity contribution in [2.24, 2.45) is 0 Å². The molecule has 25 heavy (non-hydrogen) atoms. The third-order valence-corrected chi connectivity index (χ3v) is 5.77. The molecule has 2 aromatic rings. The Morgan fingerprint density at radius 2 is 1.76 bits per heavy atom. The Morgan fingerprint density at radius 1 is 1.12 bits per heavy atom. The molecule has 1 amide bonds. The standard InChI is InChI=1S/C18H19N3O3S/c1-3-21(4-2)25(23,24)17-10-8-15(9-11-17)18(22)20-16-7-5-6-14(12-16)13-19/h5-12H,3-4H2,1-2H3,(H,20,22). The highest BCUT2D eigenvalue weighted by Gasteiger charge is 2.21. The summed E-state index contributed by atoms with van der Waals surface area (Å²) in [5, 5.41) is 11.6. The quantitative estimate of drug-likeness (QED) is 0.861. The number of anilines is 1. The Kier molecular flexibility index (Phi) is 5.91. The third-order valence-electron chi connectivity index (χ3n) is 3.71. The first-order valence-corrected chi connectivity index (χ1v) is 9.28. The average molecular weight is 357 g/mol. The van der Waals surface area contributed by atoms with Crippen LogP contribution in [-0.2, 0) is 10.0 Å². The monoisotopic (exact) mass is 357 g/mol. The molecule has 2 rings (SSSR count). The van der Waals surface area contributed by atoms with Crippen molar-refractivity contribution in [2.45, 2.75) is 18.7 Å². The summed E-state index contributed by atoms with van der Waals surface area (Å²) in [5.74, 6) is -0.373. The van der Waals surface area contributed by atoms with Gasteiger partial charge in [0, 0.05) is 24.3 Å². The van der Waals surface area contributed by atoms with Crippen LogP contribution < -0.4 is 5.32 Å². The van der Waals surface area contributed by atoms with Crippen LogP contribution in [0, 0.1) is 11.3 Å². The van der Waals surface area contributed by atoms with Crippen LogP contribution in [-0.4, -0.2) is 31.7 Å². The zero-order valence-electron chi connectivity index (χ0n) is 14.1. The van der Waals surface area contributed by atoms with Crippen LogP contribution in [0.4, 0.5) is 5.69 Å². The summed E-state index contributed by atoms with van der Waals surface area (Å²) in [7, 11) is -3.55. The Balaban J connectivity index is 2.19. The smallest absolute Gasteiger partial charge is 0.255 e. The Labute approximate surface area is 147 Å². The average Bonchev–Trinajstić information content (AvgIpc) is 2.62. The van der Waals surface area contributed by atoms with E-state index in [1.54, 1.807) is 38.1 Å². The molecule has 0 unspecified atom stereocenters. The largest absolute Gasteiger partial charge is 0.322 e. The Morgan fingerprint density at radius 3 is 2.32 bits per heavy atom. The predicted molar refractivity (Wildman–Crippen MR) is 95.7 cm³/mol. The number of benzene rings is 2. The van der Waals surface area contributed by atoms with Gasteiger partial charge in [-0.2, -0.15) is 9.57 Å². The maximum Gasteiger partial charge on any atom is 0.255 e. The van der Waals surface area contributed by atoms with E-state index in [1.165, 1.54) is 28.6 Å². The van der Waals surface area contributed by atoms with Gasteiger partial charge in [0.15, 0.2) is 0 Å². The first-order valence-electron chi connectivity index (χ1n) is 7.84. The van der Waals surface area contributed by atoms with Crippen molar-refractivity contribution in [1.82, 2.24) is 4.31 Å². The second kappa shape index (κ2) is 7.92. The second-order valence-electron chi connectivity index (χ2n) is 5.26. The molecular weight excluding hydrogens is 338 g/mol. The summed E-state index contributed by atoms with van der Waals surface area (Å²) in [5.41, 5.74) is 1.28. The van der Waals surface area contributed by atoms with E-state index in [0.717, 1.165) is 0 Å². The molecule has 0 bridgehead atoms. The lowest BCUT2D eigenvalue weighted by molar-refractivity contribution is 0.102. The third kappa shape index (κ3) is 4.24. The molecule has 0 aliphatic heterocycles. The van der Waals surface area contributed by atoms with Crippen molar-refractivity contribution in [3.05, 3.63) is 59.7 Å². The number of nitrogens with one attached hydrogen (secondary N) is 1. The molecule has 0 fully saturated rings. The molecule has 6 nitrogen and oxygen atoms in total. The van der Waals surface area contributed by atoms with Crippen LogP contribution in [0.25, 0.3) is 0 Å². The summed E-state index contributed by atoms with van der Waals surface area (Å²) in [6, 6.07) is 14.4. The first-order chi connectivity index (χ1) is 11.9. The second-order valence-corrected chi connectivity index (χ2v) is 7.20. The van der Waals surface area contributed by atoms with Gasteiger partial charge in [-0.1, -0.05) is 19.9 Å². The Bertz CT molecular complexity index is 896. The van der Waals surface area contributed by atoms with Gasteiger partial charge in [-0.05, 0) is 42.5 Å². The number of amides is 1. The lowest BCUT2D eigenvalue weighted by Crippen LogP contribution is -2.30. The van der Waals surface area contributed by atoms with Crippen LogP contribution >= 0.6 is 0 Å². The lowest BCUT2D eigenvalue weighted by atomic mass is 10.2.